The Balaban J connectivity index is 1.75. The number of benzene rings is 1. The van der Waals surface area contributed by atoms with Gasteiger partial charge in [-0.25, -0.2) is 4.79 Å². The molecule has 11 nitrogen and oxygen atoms in total. The van der Waals surface area contributed by atoms with E-state index >= 15 is 0 Å². The lowest BCUT2D eigenvalue weighted by atomic mass is 9.66. The highest BCUT2D eigenvalue weighted by Crippen LogP contribution is 2.38. The molecule has 214 valence electrons. The van der Waals surface area contributed by atoms with E-state index in [0.717, 1.165) is 16.5 Å². The molecule has 1 aromatic carbocycles. The van der Waals surface area contributed by atoms with E-state index in [1.807, 2.05) is 42.1 Å². The van der Waals surface area contributed by atoms with Crippen molar-refractivity contribution < 1.29 is 34.3 Å². The first-order valence-corrected chi connectivity index (χ1v) is 13.4. The number of aromatic nitrogens is 1. The van der Waals surface area contributed by atoms with Gasteiger partial charge in [-0.1, -0.05) is 24.6 Å². The van der Waals surface area contributed by atoms with Crippen LogP contribution in [0.1, 0.15) is 52.0 Å². The quantitative estimate of drug-likeness (QED) is 0.245. The van der Waals surface area contributed by atoms with E-state index in [4.69, 9.17) is 10.5 Å². The van der Waals surface area contributed by atoms with E-state index in [-0.39, 0.29) is 31.6 Å². The number of hydrogen-bond acceptors (Lipinski definition) is 7. The van der Waals surface area contributed by atoms with Crippen LogP contribution in [0.4, 0.5) is 4.79 Å². The van der Waals surface area contributed by atoms with Crippen molar-refractivity contribution in [2.24, 2.45) is 24.6 Å². The number of aliphatic carboxylic acids is 1. The van der Waals surface area contributed by atoms with Crippen LogP contribution in [0.2, 0.25) is 6.32 Å². The van der Waals surface area contributed by atoms with Crippen LogP contribution in [0, 0.1) is 11.8 Å². The average molecular weight is 544 g/mol. The molecule has 1 fully saturated rings. The molecular weight excluding hydrogens is 503 g/mol. The van der Waals surface area contributed by atoms with Crippen LogP contribution < -0.4 is 16.4 Å². The highest BCUT2D eigenvalue weighted by atomic mass is 16.6. The maximum absolute atomic E-state index is 13.4. The van der Waals surface area contributed by atoms with Gasteiger partial charge in [-0.05, 0) is 63.9 Å². The van der Waals surface area contributed by atoms with Gasteiger partial charge in [0.1, 0.15) is 17.2 Å². The summed E-state index contributed by atoms with van der Waals surface area (Å²) in [5, 5.41) is 34.8. The second kappa shape index (κ2) is 12.4. The van der Waals surface area contributed by atoms with Crippen LogP contribution in [-0.2, 0) is 27.8 Å². The molecule has 0 aliphatic heterocycles. The Hall–Kier alpha value is -3.09. The van der Waals surface area contributed by atoms with Crippen molar-refractivity contribution in [1.82, 2.24) is 15.2 Å². The van der Waals surface area contributed by atoms with Gasteiger partial charge in [0.2, 0.25) is 5.91 Å². The lowest BCUT2D eigenvalue weighted by Crippen LogP contribution is -2.60. The zero-order valence-electron chi connectivity index (χ0n) is 23.1. The van der Waals surface area contributed by atoms with Gasteiger partial charge < -0.3 is 40.8 Å². The van der Waals surface area contributed by atoms with Crippen molar-refractivity contribution in [3.63, 3.8) is 0 Å². The molecular formula is C27H41BN4O7. The summed E-state index contributed by atoms with van der Waals surface area (Å²) in [6.07, 6.45) is 3.29. The average Bonchev–Trinajstić information content (AvgIpc) is 3.15. The number of alkyl carbamates (subject to hydrolysis) is 1. The highest BCUT2D eigenvalue weighted by Gasteiger charge is 2.47. The Morgan fingerprint density at radius 2 is 1.92 bits per heavy atom. The lowest BCUT2D eigenvalue weighted by molar-refractivity contribution is -0.148. The van der Waals surface area contributed by atoms with Gasteiger partial charge in [-0.15, -0.1) is 0 Å². The molecule has 1 aliphatic rings. The predicted molar refractivity (Wildman–Crippen MR) is 148 cm³/mol. The van der Waals surface area contributed by atoms with Crippen molar-refractivity contribution in [2.75, 3.05) is 6.54 Å². The van der Waals surface area contributed by atoms with Gasteiger partial charge in [0.25, 0.3) is 0 Å². The second-order valence-electron chi connectivity index (χ2n) is 11.7. The Labute approximate surface area is 229 Å². The lowest BCUT2D eigenvalue weighted by Gasteiger charge is -2.41. The minimum absolute atomic E-state index is 0.0268. The van der Waals surface area contributed by atoms with Gasteiger partial charge in [-0.2, -0.15) is 0 Å². The van der Waals surface area contributed by atoms with Gasteiger partial charge in [0, 0.05) is 43.0 Å². The van der Waals surface area contributed by atoms with Gasteiger partial charge in [0.05, 0.1) is 0 Å². The van der Waals surface area contributed by atoms with Crippen molar-refractivity contribution in [2.45, 2.75) is 76.4 Å². The summed E-state index contributed by atoms with van der Waals surface area (Å²) in [5.74, 6) is -2.22. The minimum Gasteiger partial charge on any atom is -0.480 e. The number of nitrogens with two attached hydrogens (primary N) is 1. The number of para-hydroxylation sites is 1. The molecule has 0 radical (unpaired) electrons. The van der Waals surface area contributed by atoms with Crippen molar-refractivity contribution >= 4 is 36.0 Å². The Morgan fingerprint density at radius 1 is 1.23 bits per heavy atom. The molecule has 2 aromatic rings. The largest absolute Gasteiger partial charge is 0.480 e. The van der Waals surface area contributed by atoms with Crippen LogP contribution in [0.15, 0.2) is 30.5 Å². The summed E-state index contributed by atoms with van der Waals surface area (Å²) < 4.78 is 7.35. The molecule has 0 bridgehead atoms. The van der Waals surface area contributed by atoms with Crippen LogP contribution in [-0.4, -0.2) is 68.5 Å². The van der Waals surface area contributed by atoms with Crippen LogP contribution in [0.5, 0.6) is 0 Å². The number of carboxylic acids is 1. The second-order valence-corrected chi connectivity index (χ2v) is 11.7. The topological polar surface area (TPSA) is 176 Å². The highest BCUT2D eigenvalue weighted by molar-refractivity contribution is 6.40. The van der Waals surface area contributed by atoms with Crippen molar-refractivity contribution in [3.8, 4) is 0 Å². The molecule has 1 aromatic heterocycles. The van der Waals surface area contributed by atoms with Crippen LogP contribution >= 0.6 is 0 Å². The number of carboxylic acid groups (broad SMARTS) is 1. The number of hydrogen-bond donors (Lipinski definition) is 6. The number of ether oxygens (including phenoxy) is 1. The molecule has 0 spiro atoms. The molecule has 0 saturated heterocycles. The predicted octanol–water partition coefficient (Wildman–Crippen LogP) is 1.79. The summed E-state index contributed by atoms with van der Waals surface area (Å²) in [7, 11) is 0.460. The van der Waals surface area contributed by atoms with E-state index in [9.17, 15) is 29.5 Å². The Kier molecular flexibility index (Phi) is 9.68. The van der Waals surface area contributed by atoms with Gasteiger partial charge in [0.15, 0.2) is 0 Å². The first kappa shape index (κ1) is 30.5. The van der Waals surface area contributed by atoms with E-state index < -0.39 is 48.2 Å². The third kappa shape index (κ3) is 7.96. The first-order valence-electron chi connectivity index (χ1n) is 13.4. The third-order valence-corrected chi connectivity index (χ3v) is 7.44. The van der Waals surface area contributed by atoms with Gasteiger partial charge >= 0.3 is 19.2 Å². The molecule has 7 N–H and O–H groups in total. The van der Waals surface area contributed by atoms with E-state index in [1.54, 1.807) is 20.8 Å². The molecule has 1 heterocycles. The summed E-state index contributed by atoms with van der Waals surface area (Å²) >= 11 is 0. The first-order chi connectivity index (χ1) is 18.2. The number of rotatable bonds is 10. The molecule has 0 unspecified atom stereocenters. The van der Waals surface area contributed by atoms with Crippen LogP contribution in [0.25, 0.3) is 10.9 Å². The number of fused-ring (bicyclic) bond motifs is 1. The summed E-state index contributed by atoms with van der Waals surface area (Å²) in [4.78, 5) is 38.2. The fourth-order valence-electron chi connectivity index (χ4n) is 5.43. The minimum atomic E-state index is -1.57. The van der Waals surface area contributed by atoms with E-state index in [0.29, 0.717) is 19.3 Å². The van der Waals surface area contributed by atoms with Crippen LogP contribution in [0.3, 0.4) is 0 Å². The number of nitrogens with one attached hydrogen (secondary N) is 2. The molecule has 4 atom stereocenters. The van der Waals surface area contributed by atoms with E-state index in [1.165, 1.54) is 0 Å². The monoisotopic (exact) mass is 544 g/mol. The van der Waals surface area contributed by atoms with Gasteiger partial charge in [-0.3, -0.25) is 9.59 Å². The maximum Gasteiger partial charge on any atom is 0.451 e. The number of nitrogens with zero attached hydrogens (tertiary/aromatic N) is 1. The summed E-state index contributed by atoms with van der Waals surface area (Å²) in [6.45, 7) is 5.23. The maximum atomic E-state index is 13.4. The fourth-order valence-corrected chi connectivity index (χ4v) is 5.43. The molecule has 1 aliphatic carbocycles. The normalized spacial score (nSPS) is 22.2. The molecule has 3 rings (SSSR count). The third-order valence-electron chi connectivity index (χ3n) is 7.44. The smallest absolute Gasteiger partial charge is 0.451 e. The number of amides is 2. The zero-order chi connectivity index (χ0) is 29.0. The molecule has 2 amide bonds. The summed E-state index contributed by atoms with van der Waals surface area (Å²) in [6, 6.07) is 6.80. The Morgan fingerprint density at radius 3 is 2.56 bits per heavy atom. The summed E-state index contributed by atoms with van der Waals surface area (Å²) in [5.41, 5.74) is 5.91. The van der Waals surface area contributed by atoms with Crippen molar-refractivity contribution in [3.05, 3.63) is 36.0 Å². The standard InChI is InChI=1S/C27H41BN4O7/c1-26(2,3)39-25(36)31-21(13-18-16-32(4)22-8-6-5-7-20(18)22)23(33)30-15-19-10-9-17(11-12-28(37)38)14-27(19,29)24(34)35/h5-8,16-17,19,21,37-38H,9-15,29H2,1-4H3,(H,30,33)(H,31,36)(H,34,35)/t17-,19-,21+,27+/m0/s1. The van der Waals surface area contributed by atoms with E-state index in [2.05, 4.69) is 10.6 Å². The Bertz CT molecular complexity index is 1180. The molecule has 39 heavy (non-hydrogen) atoms. The molecule has 12 heteroatoms. The number of carbonyl (C=O) groups excluding carboxylic acids is 2. The SMILES string of the molecule is Cn1cc(C[C@@H](NC(=O)OC(C)(C)C)C(=O)NC[C@@H]2CC[C@@H](CCB(O)O)C[C@]2(N)C(=O)O)c2ccccc21. The fraction of sp³-hybridized carbons (Fsp3) is 0.593. The number of carbonyl (C=O) groups is 3. The number of aryl methyl sites for hydroxylation is 1. The zero-order valence-corrected chi connectivity index (χ0v) is 23.1. The van der Waals surface area contributed by atoms with Crippen molar-refractivity contribution in [1.29, 1.82) is 0 Å². The molecule has 1 saturated carbocycles.